The van der Waals surface area contributed by atoms with Gasteiger partial charge >= 0.3 is 0 Å². The summed E-state index contributed by atoms with van der Waals surface area (Å²) in [5.41, 5.74) is 2.25. The Balaban J connectivity index is 1.66. The first-order valence-electron chi connectivity index (χ1n) is 9.39. The molecule has 2 fully saturated rings. The average Bonchev–Trinajstić information content (AvgIpc) is 2.90. The first-order valence-corrected chi connectivity index (χ1v) is 9.39. The highest BCUT2D eigenvalue weighted by Crippen LogP contribution is 2.29. The van der Waals surface area contributed by atoms with Crippen LogP contribution in [0.5, 0.6) is 5.75 Å². The third kappa shape index (κ3) is 4.34. The maximum absolute atomic E-state index is 10.5. The average molecular weight is 348 g/mol. The Hall–Kier alpha value is -1.14. The molecule has 2 N–H and O–H groups in total. The van der Waals surface area contributed by atoms with E-state index in [9.17, 15) is 10.2 Å². The Morgan fingerprint density at radius 1 is 1.08 bits per heavy atom. The van der Waals surface area contributed by atoms with Gasteiger partial charge in [-0.05, 0) is 24.1 Å². The lowest BCUT2D eigenvalue weighted by atomic mass is 9.86. The normalized spacial score (nSPS) is 27.1. The monoisotopic (exact) mass is 347 g/mol. The largest absolute Gasteiger partial charge is 0.508 e. The number of benzene rings is 1. The molecule has 2 heterocycles. The summed E-state index contributed by atoms with van der Waals surface area (Å²) in [4.78, 5) is 7.04. The molecule has 3 rings (SSSR count). The van der Waals surface area contributed by atoms with Crippen LogP contribution in [0.2, 0.25) is 0 Å². The van der Waals surface area contributed by atoms with Crippen LogP contribution in [0.1, 0.15) is 31.9 Å². The van der Waals surface area contributed by atoms with Crippen molar-refractivity contribution in [2.24, 2.45) is 0 Å². The maximum Gasteiger partial charge on any atom is 0.120 e. The predicted octanol–water partition coefficient (Wildman–Crippen LogP) is 1.48. The highest BCUT2D eigenvalue weighted by atomic mass is 16.3. The van der Waals surface area contributed by atoms with Crippen LogP contribution >= 0.6 is 0 Å². The minimum absolute atomic E-state index is 0.0648. The number of likely N-dealkylation sites (tertiary alicyclic amines) is 1. The Morgan fingerprint density at radius 3 is 2.40 bits per heavy atom. The van der Waals surface area contributed by atoms with Gasteiger partial charge in [-0.15, -0.1) is 0 Å². The predicted molar refractivity (Wildman–Crippen MR) is 101 cm³/mol. The van der Waals surface area contributed by atoms with Gasteiger partial charge in [0.25, 0.3) is 0 Å². The number of hydrogen-bond donors (Lipinski definition) is 2. The van der Waals surface area contributed by atoms with Gasteiger partial charge < -0.3 is 15.1 Å². The highest BCUT2D eigenvalue weighted by molar-refractivity contribution is 5.38. The fraction of sp³-hybridized carbons (Fsp3) is 0.700. The molecular formula is C20H33N3O2. The van der Waals surface area contributed by atoms with Gasteiger partial charge in [-0.1, -0.05) is 32.9 Å². The molecule has 0 unspecified atom stereocenters. The van der Waals surface area contributed by atoms with Crippen molar-refractivity contribution < 1.29 is 10.2 Å². The van der Waals surface area contributed by atoms with E-state index in [4.69, 9.17) is 0 Å². The molecule has 140 valence electrons. The molecule has 5 heteroatoms. The third-order valence-corrected chi connectivity index (χ3v) is 5.68. The summed E-state index contributed by atoms with van der Waals surface area (Å²) in [6.45, 7) is 13.0. The van der Waals surface area contributed by atoms with Crippen molar-refractivity contribution in [1.82, 2.24) is 14.7 Å². The first kappa shape index (κ1) is 18.6. The van der Waals surface area contributed by atoms with Crippen molar-refractivity contribution in [3.05, 3.63) is 29.3 Å². The Labute approximate surface area is 151 Å². The van der Waals surface area contributed by atoms with E-state index in [1.165, 1.54) is 5.56 Å². The van der Waals surface area contributed by atoms with E-state index in [0.29, 0.717) is 18.8 Å². The molecule has 2 aliphatic heterocycles. The number of nitrogens with zero attached hydrogens (tertiary/aromatic N) is 3. The second kappa shape index (κ2) is 7.23. The van der Waals surface area contributed by atoms with Crippen molar-refractivity contribution in [2.75, 3.05) is 46.3 Å². The molecule has 5 nitrogen and oxygen atoms in total. The van der Waals surface area contributed by atoms with Crippen LogP contribution in [0.4, 0.5) is 0 Å². The van der Waals surface area contributed by atoms with Gasteiger partial charge in [-0.3, -0.25) is 9.80 Å². The van der Waals surface area contributed by atoms with Crippen LogP contribution in [-0.4, -0.2) is 83.4 Å². The molecule has 0 aromatic heterocycles. The fourth-order valence-electron chi connectivity index (χ4n) is 3.91. The minimum Gasteiger partial charge on any atom is -0.508 e. The summed E-state index contributed by atoms with van der Waals surface area (Å²) in [5, 5.41) is 20.8. The van der Waals surface area contributed by atoms with Gasteiger partial charge in [-0.2, -0.15) is 0 Å². The van der Waals surface area contributed by atoms with E-state index in [0.717, 1.165) is 38.3 Å². The number of piperazine rings is 1. The molecule has 0 bridgehead atoms. The minimum atomic E-state index is -0.309. The molecule has 0 saturated carbocycles. The molecular weight excluding hydrogens is 314 g/mol. The van der Waals surface area contributed by atoms with E-state index in [2.05, 4.69) is 48.6 Å². The SMILES string of the molecule is CN1CCN([C@H]2CN(Cc3cc(C(C)(C)C)ccc3O)C[C@@H]2O)CC1. The van der Waals surface area contributed by atoms with Crippen LogP contribution in [0.3, 0.4) is 0 Å². The number of hydrogen-bond acceptors (Lipinski definition) is 5. The number of likely N-dealkylation sites (N-methyl/N-ethyl adjacent to an activating group) is 1. The lowest BCUT2D eigenvalue weighted by Crippen LogP contribution is -2.52. The van der Waals surface area contributed by atoms with Crippen molar-refractivity contribution in [3.8, 4) is 5.75 Å². The highest BCUT2D eigenvalue weighted by Gasteiger charge is 2.36. The third-order valence-electron chi connectivity index (χ3n) is 5.68. The Morgan fingerprint density at radius 2 is 1.76 bits per heavy atom. The summed E-state index contributed by atoms with van der Waals surface area (Å²) >= 11 is 0. The van der Waals surface area contributed by atoms with Crippen LogP contribution in [0, 0.1) is 0 Å². The molecule has 0 spiro atoms. The summed E-state index contributed by atoms with van der Waals surface area (Å²) in [6, 6.07) is 6.14. The van der Waals surface area contributed by atoms with Gasteiger partial charge in [0.1, 0.15) is 5.75 Å². The quantitative estimate of drug-likeness (QED) is 0.867. The topological polar surface area (TPSA) is 50.2 Å². The number of aromatic hydroxyl groups is 1. The summed E-state index contributed by atoms with van der Waals surface area (Å²) in [7, 11) is 2.15. The smallest absolute Gasteiger partial charge is 0.120 e. The van der Waals surface area contributed by atoms with Crippen LogP contribution in [0.15, 0.2) is 18.2 Å². The van der Waals surface area contributed by atoms with Gasteiger partial charge in [0.05, 0.1) is 6.10 Å². The number of aliphatic hydroxyl groups excluding tert-OH is 1. The standard InChI is InChI=1S/C20H33N3O2/c1-20(2,3)16-5-6-18(24)15(11-16)12-22-13-17(19(25)14-22)23-9-7-21(4)8-10-23/h5-6,11,17,19,24-25H,7-10,12-14H2,1-4H3/t17-,19-/m0/s1. The summed E-state index contributed by atoms with van der Waals surface area (Å²) in [5.74, 6) is 0.352. The van der Waals surface area contributed by atoms with Gasteiger partial charge in [-0.25, -0.2) is 0 Å². The van der Waals surface area contributed by atoms with Crippen molar-refractivity contribution in [1.29, 1.82) is 0 Å². The molecule has 1 aromatic carbocycles. The lowest BCUT2D eigenvalue weighted by Gasteiger charge is -2.37. The van der Waals surface area contributed by atoms with Crippen molar-refractivity contribution in [3.63, 3.8) is 0 Å². The zero-order chi connectivity index (χ0) is 18.2. The molecule has 25 heavy (non-hydrogen) atoms. The Bertz CT molecular complexity index is 591. The van der Waals surface area contributed by atoms with Crippen molar-refractivity contribution in [2.45, 2.75) is 44.9 Å². The molecule has 0 amide bonds. The van der Waals surface area contributed by atoms with Crippen LogP contribution in [-0.2, 0) is 12.0 Å². The fourth-order valence-corrected chi connectivity index (χ4v) is 3.91. The van der Waals surface area contributed by atoms with Crippen molar-refractivity contribution >= 4 is 0 Å². The van der Waals surface area contributed by atoms with Gasteiger partial charge in [0.15, 0.2) is 0 Å². The molecule has 2 aliphatic rings. The summed E-state index contributed by atoms with van der Waals surface area (Å²) in [6.07, 6.45) is -0.309. The number of β-amino-alcohol motifs (C(OH)–C–C–N with tert-alkyl or cyclic N) is 1. The molecule has 0 radical (unpaired) electrons. The second-order valence-corrected chi connectivity index (χ2v) is 8.76. The van der Waals surface area contributed by atoms with Crippen LogP contribution < -0.4 is 0 Å². The van der Waals surface area contributed by atoms with E-state index in [1.807, 2.05) is 6.07 Å². The molecule has 2 saturated heterocycles. The zero-order valence-electron chi connectivity index (χ0n) is 16.1. The van der Waals surface area contributed by atoms with Gasteiger partial charge in [0, 0.05) is 57.4 Å². The first-order chi connectivity index (χ1) is 11.7. The van der Waals surface area contributed by atoms with E-state index in [-0.39, 0.29) is 17.6 Å². The summed E-state index contributed by atoms with van der Waals surface area (Å²) < 4.78 is 0. The maximum atomic E-state index is 10.5. The Kier molecular flexibility index (Phi) is 5.40. The zero-order valence-corrected chi connectivity index (χ0v) is 16.1. The number of phenolic OH excluding ortho intramolecular Hbond substituents is 1. The second-order valence-electron chi connectivity index (χ2n) is 8.76. The van der Waals surface area contributed by atoms with E-state index < -0.39 is 0 Å². The molecule has 2 atom stereocenters. The van der Waals surface area contributed by atoms with Gasteiger partial charge in [0.2, 0.25) is 0 Å². The molecule has 1 aromatic rings. The lowest BCUT2D eigenvalue weighted by molar-refractivity contribution is 0.0512. The van der Waals surface area contributed by atoms with E-state index in [1.54, 1.807) is 6.07 Å². The number of phenols is 1. The number of aliphatic hydroxyl groups is 1. The van der Waals surface area contributed by atoms with Crippen LogP contribution in [0.25, 0.3) is 0 Å². The molecule has 0 aliphatic carbocycles. The number of rotatable bonds is 3. The van der Waals surface area contributed by atoms with E-state index >= 15 is 0 Å².